The van der Waals surface area contributed by atoms with Crippen LogP contribution in [0.4, 0.5) is 0 Å². The van der Waals surface area contributed by atoms with E-state index in [-0.39, 0.29) is 0 Å². The van der Waals surface area contributed by atoms with Crippen molar-refractivity contribution in [2.24, 2.45) is 5.92 Å². The molecule has 0 aromatic rings. The molecule has 0 aromatic carbocycles. The summed E-state index contributed by atoms with van der Waals surface area (Å²) >= 11 is 0. The number of hydrogen-bond donors (Lipinski definition) is 2. The molecule has 0 spiro atoms. The maximum absolute atomic E-state index is 11.4. The minimum Gasteiger partial charge on any atom is -0.481 e. The highest BCUT2D eigenvalue weighted by molar-refractivity contribution is 8.01. The van der Waals surface area contributed by atoms with Crippen molar-refractivity contribution in [3.05, 3.63) is 0 Å². The molecule has 13 heavy (non-hydrogen) atoms. The molecule has 0 aliphatic heterocycles. The van der Waals surface area contributed by atoms with Crippen LogP contribution in [0.5, 0.6) is 0 Å². The highest BCUT2D eigenvalue weighted by atomic mass is 32.2. The summed E-state index contributed by atoms with van der Waals surface area (Å²) in [5, 5.41) is 8.84. The highest BCUT2D eigenvalue weighted by Gasteiger charge is 2.20. The number of carboxylic acid groups (broad SMARTS) is 1. The average molecular weight is 208 g/mol. The van der Waals surface area contributed by atoms with Gasteiger partial charge in [0, 0.05) is 5.75 Å². The Labute approximate surface area is 81.0 Å². The van der Waals surface area contributed by atoms with Crippen molar-refractivity contribution in [1.82, 2.24) is 0 Å². The molecule has 1 unspecified atom stereocenters. The molecule has 0 bridgehead atoms. The Balaban J connectivity index is 4.11. The van der Waals surface area contributed by atoms with Crippen LogP contribution in [0.1, 0.15) is 26.2 Å². The fourth-order valence-electron chi connectivity index (χ4n) is 1.27. The predicted octanol–water partition coefficient (Wildman–Crippen LogP) is 1.15. The molecule has 0 aliphatic rings. The van der Waals surface area contributed by atoms with Gasteiger partial charge < -0.3 is 5.11 Å². The van der Waals surface area contributed by atoms with Crippen molar-refractivity contribution in [3.63, 3.8) is 0 Å². The van der Waals surface area contributed by atoms with Gasteiger partial charge in [-0.2, -0.15) is 0 Å². The van der Waals surface area contributed by atoms with Gasteiger partial charge in [-0.25, -0.2) is 0 Å². The first-order chi connectivity index (χ1) is 5.87. The number of aliphatic carboxylic acids is 1. The van der Waals surface area contributed by atoms with Crippen molar-refractivity contribution in [2.45, 2.75) is 26.2 Å². The summed E-state index contributed by atoms with van der Waals surface area (Å²) in [6.45, 7) is 2.02. The van der Waals surface area contributed by atoms with Crippen LogP contribution in [0, 0.1) is 5.92 Å². The molecule has 80 valence electrons. The van der Waals surface area contributed by atoms with Crippen LogP contribution in [-0.2, 0) is 14.7 Å². The zero-order chi connectivity index (χ0) is 10.5. The minimum absolute atomic E-state index is 0.336. The largest absolute Gasteiger partial charge is 0.481 e. The smallest absolute Gasteiger partial charge is 0.307 e. The maximum atomic E-state index is 11.4. The van der Waals surface area contributed by atoms with E-state index in [4.69, 9.17) is 5.11 Å². The van der Waals surface area contributed by atoms with E-state index >= 15 is 0 Å². The third kappa shape index (κ3) is 6.75. The Morgan fingerprint density at radius 1 is 1.46 bits per heavy atom. The van der Waals surface area contributed by atoms with Gasteiger partial charge >= 0.3 is 5.97 Å². The van der Waals surface area contributed by atoms with Crippen LogP contribution in [0.2, 0.25) is 0 Å². The molecule has 4 heteroatoms. The molecular weight excluding hydrogens is 188 g/mol. The number of carbonyl (C=O) groups is 1. The Morgan fingerprint density at radius 2 is 2.00 bits per heavy atom. The summed E-state index contributed by atoms with van der Waals surface area (Å²) in [5.41, 5.74) is 0. The molecule has 0 aromatic heterocycles. The third-order valence-corrected chi connectivity index (χ3v) is 3.24. The van der Waals surface area contributed by atoms with Gasteiger partial charge in [0.1, 0.15) is 0 Å². The normalized spacial score (nSPS) is 15.3. The SMILES string of the molecule is CCCCC(C[SH](C)(C)=O)C(=O)O. The zero-order valence-corrected chi connectivity index (χ0v) is 9.51. The minimum atomic E-state index is -2.20. The molecule has 1 atom stereocenters. The summed E-state index contributed by atoms with van der Waals surface area (Å²) in [6.07, 6.45) is 5.83. The van der Waals surface area contributed by atoms with E-state index in [1.165, 1.54) is 0 Å². The van der Waals surface area contributed by atoms with Crippen molar-refractivity contribution in [2.75, 3.05) is 18.3 Å². The summed E-state index contributed by atoms with van der Waals surface area (Å²) in [5.74, 6) is -0.888. The zero-order valence-electron chi connectivity index (χ0n) is 8.62. The van der Waals surface area contributed by atoms with E-state index < -0.39 is 21.8 Å². The van der Waals surface area contributed by atoms with Gasteiger partial charge in [-0.3, -0.25) is 9.00 Å². The van der Waals surface area contributed by atoms with Crippen LogP contribution in [-0.4, -0.2) is 33.5 Å². The van der Waals surface area contributed by atoms with Crippen LogP contribution < -0.4 is 0 Å². The van der Waals surface area contributed by atoms with Gasteiger partial charge in [0.25, 0.3) is 0 Å². The van der Waals surface area contributed by atoms with Crippen LogP contribution in [0.15, 0.2) is 0 Å². The monoisotopic (exact) mass is 208 g/mol. The van der Waals surface area contributed by atoms with Crippen molar-refractivity contribution >= 4 is 15.9 Å². The molecule has 0 saturated heterocycles. The van der Waals surface area contributed by atoms with E-state index in [1.807, 2.05) is 6.92 Å². The Morgan fingerprint density at radius 3 is 2.31 bits per heavy atom. The standard InChI is InChI=1S/C9H20O3S/c1-4-5-6-8(9(10)11)7-13(2,3)12/h8,13H,4-7H2,1-3H3,(H,10,11). The van der Waals surface area contributed by atoms with E-state index in [9.17, 15) is 9.00 Å². The molecule has 3 nitrogen and oxygen atoms in total. The Hall–Kier alpha value is -0.380. The third-order valence-electron chi connectivity index (χ3n) is 1.92. The Kier molecular flexibility index (Phi) is 5.21. The first kappa shape index (κ1) is 12.6. The number of unbranched alkanes of at least 4 members (excludes halogenated alkanes) is 1. The first-order valence-corrected chi connectivity index (χ1v) is 7.42. The van der Waals surface area contributed by atoms with Gasteiger partial charge in [-0.1, -0.05) is 19.8 Å². The van der Waals surface area contributed by atoms with Crippen LogP contribution in [0.3, 0.4) is 0 Å². The fraction of sp³-hybridized carbons (Fsp3) is 0.889. The van der Waals surface area contributed by atoms with Gasteiger partial charge in [-0.05, 0) is 18.9 Å². The van der Waals surface area contributed by atoms with Crippen LogP contribution in [0.25, 0.3) is 0 Å². The lowest BCUT2D eigenvalue weighted by Gasteiger charge is -2.17. The second-order valence-electron chi connectivity index (χ2n) is 3.93. The van der Waals surface area contributed by atoms with E-state index in [0.717, 1.165) is 12.8 Å². The average Bonchev–Trinajstić information content (AvgIpc) is 1.95. The maximum Gasteiger partial charge on any atom is 0.307 e. The molecule has 0 aliphatic carbocycles. The predicted molar refractivity (Wildman–Crippen MR) is 56.9 cm³/mol. The van der Waals surface area contributed by atoms with Crippen molar-refractivity contribution in [1.29, 1.82) is 0 Å². The molecule has 0 heterocycles. The highest BCUT2D eigenvalue weighted by Crippen LogP contribution is 2.13. The van der Waals surface area contributed by atoms with Gasteiger partial charge in [0.15, 0.2) is 0 Å². The second-order valence-corrected chi connectivity index (χ2v) is 7.45. The quantitative estimate of drug-likeness (QED) is 0.644. The molecule has 0 rings (SSSR count). The van der Waals surface area contributed by atoms with Crippen molar-refractivity contribution < 1.29 is 14.1 Å². The molecule has 0 radical (unpaired) electrons. The molecule has 0 fully saturated rings. The van der Waals surface area contributed by atoms with Gasteiger partial charge in [-0.15, -0.1) is 9.93 Å². The first-order valence-electron chi connectivity index (χ1n) is 4.63. The van der Waals surface area contributed by atoms with E-state index in [1.54, 1.807) is 12.5 Å². The molecule has 0 saturated carbocycles. The molecule has 1 N–H and O–H groups in total. The lowest BCUT2D eigenvalue weighted by molar-refractivity contribution is -0.141. The number of hydrogen-bond acceptors (Lipinski definition) is 2. The summed E-state index contributed by atoms with van der Waals surface area (Å²) in [6, 6.07) is 0. The lowest BCUT2D eigenvalue weighted by atomic mass is 10.1. The topological polar surface area (TPSA) is 54.4 Å². The molecule has 0 amide bonds. The lowest BCUT2D eigenvalue weighted by Crippen LogP contribution is -2.26. The number of carboxylic acids is 1. The summed E-state index contributed by atoms with van der Waals surface area (Å²) in [7, 11) is -2.20. The summed E-state index contributed by atoms with van der Waals surface area (Å²) < 4.78 is 11.4. The van der Waals surface area contributed by atoms with Crippen LogP contribution >= 0.6 is 0 Å². The Bertz CT molecular complexity index is 207. The number of rotatable bonds is 6. The van der Waals surface area contributed by atoms with Gasteiger partial charge in [0.2, 0.25) is 0 Å². The van der Waals surface area contributed by atoms with E-state index in [2.05, 4.69) is 0 Å². The van der Waals surface area contributed by atoms with Gasteiger partial charge in [0.05, 0.1) is 5.92 Å². The van der Waals surface area contributed by atoms with Crippen molar-refractivity contribution in [3.8, 4) is 0 Å². The second kappa shape index (κ2) is 5.37. The number of thiol groups is 1. The summed E-state index contributed by atoms with van der Waals surface area (Å²) in [4.78, 5) is 10.8. The fourth-order valence-corrected chi connectivity index (χ4v) is 2.67. The van der Waals surface area contributed by atoms with E-state index in [0.29, 0.717) is 12.2 Å². The molecular formula is C9H20O3S.